The second-order valence-corrected chi connectivity index (χ2v) is 9.82. The Labute approximate surface area is 216 Å². The summed E-state index contributed by atoms with van der Waals surface area (Å²) in [5.74, 6) is 0. The predicted octanol–water partition coefficient (Wildman–Crippen LogP) is 10.9. The van der Waals surface area contributed by atoms with Crippen molar-refractivity contribution in [1.29, 1.82) is 0 Å². The molecular weight excluding hydrogens is 472 g/mol. The predicted molar refractivity (Wildman–Crippen MR) is 157 cm³/mol. The van der Waals surface area contributed by atoms with E-state index in [4.69, 9.17) is 0 Å². The van der Waals surface area contributed by atoms with E-state index in [1.54, 1.807) is 0 Å². The van der Waals surface area contributed by atoms with Crippen molar-refractivity contribution < 1.29 is 0 Å². The van der Waals surface area contributed by atoms with Gasteiger partial charge in [-0.15, -0.1) is 10.2 Å². The summed E-state index contributed by atoms with van der Waals surface area (Å²) in [7, 11) is 0. The summed E-state index contributed by atoms with van der Waals surface area (Å²) in [5, 5.41) is 23.6. The fourth-order valence-corrected chi connectivity index (χ4v) is 6.04. The zero-order chi connectivity index (χ0) is 24.3. The van der Waals surface area contributed by atoms with Crippen LogP contribution in [0.5, 0.6) is 0 Å². The standard InChI is InChI=1S/C32H18N4S/c1-3-19-7-9-23-13-17-27(25-15-11-21(5-1)29(19)31(23)25)33-35-37-36-34-28-18-14-24-10-8-20-4-2-6-22-12-16-26(28)32(24)30(20)22/h1-18H. The van der Waals surface area contributed by atoms with Crippen LogP contribution in [0, 0.1) is 0 Å². The molecule has 37 heavy (non-hydrogen) atoms. The van der Waals surface area contributed by atoms with Gasteiger partial charge in [-0.05, 0) is 66.0 Å². The van der Waals surface area contributed by atoms with Crippen molar-refractivity contribution in [3.8, 4) is 0 Å². The number of nitrogens with zero attached hydrogens (tertiary/aromatic N) is 4. The first-order valence-electron chi connectivity index (χ1n) is 12.2. The molecule has 0 aromatic heterocycles. The largest absolute Gasteiger partial charge is 0.160 e. The van der Waals surface area contributed by atoms with Crippen molar-refractivity contribution in [1.82, 2.24) is 0 Å². The highest BCUT2D eigenvalue weighted by Gasteiger charge is 2.12. The highest BCUT2D eigenvalue weighted by atomic mass is 32.2. The molecule has 0 unspecified atom stereocenters. The number of hydrogen-bond acceptors (Lipinski definition) is 5. The highest BCUT2D eigenvalue weighted by Crippen LogP contribution is 2.40. The summed E-state index contributed by atoms with van der Waals surface area (Å²) >= 11 is 0.999. The minimum Gasteiger partial charge on any atom is -0.141 e. The Bertz CT molecular complexity index is 1990. The summed E-state index contributed by atoms with van der Waals surface area (Å²) in [6, 6.07) is 38.4. The van der Waals surface area contributed by atoms with Crippen LogP contribution < -0.4 is 0 Å². The lowest BCUT2D eigenvalue weighted by Gasteiger charge is -2.11. The normalized spacial score (nSPS) is 12.8. The molecule has 8 rings (SSSR count). The minimum atomic E-state index is 0.830. The van der Waals surface area contributed by atoms with E-state index in [1.807, 2.05) is 12.1 Å². The van der Waals surface area contributed by atoms with Crippen LogP contribution in [0.1, 0.15) is 0 Å². The Balaban J connectivity index is 1.14. The van der Waals surface area contributed by atoms with Gasteiger partial charge in [-0.25, -0.2) is 0 Å². The maximum Gasteiger partial charge on any atom is 0.160 e. The van der Waals surface area contributed by atoms with Crippen LogP contribution in [-0.2, 0) is 0 Å². The average molecular weight is 491 g/mol. The van der Waals surface area contributed by atoms with Gasteiger partial charge in [0.15, 0.2) is 12.1 Å². The van der Waals surface area contributed by atoms with Crippen LogP contribution >= 0.6 is 12.1 Å². The Morgan fingerprint density at radius 1 is 0.351 bits per heavy atom. The third-order valence-electron chi connectivity index (χ3n) is 7.38. The molecule has 8 aromatic rings. The SMILES string of the molecule is c1cc2ccc3ccc(N=NSN=Nc4ccc5ccc6cccc7ccc4c5c67)c4ccc(c1)c2c34. The molecule has 0 radical (unpaired) electrons. The lowest BCUT2D eigenvalue weighted by molar-refractivity contribution is 1.31. The Kier molecular flexibility index (Phi) is 4.42. The van der Waals surface area contributed by atoms with E-state index in [0.29, 0.717) is 0 Å². The summed E-state index contributed by atoms with van der Waals surface area (Å²) in [5.41, 5.74) is 1.66. The molecule has 0 aliphatic carbocycles. The number of rotatable bonds is 4. The fourth-order valence-electron chi connectivity index (χ4n) is 5.76. The maximum atomic E-state index is 4.51. The van der Waals surface area contributed by atoms with Gasteiger partial charge in [0.05, 0.1) is 11.4 Å². The van der Waals surface area contributed by atoms with Gasteiger partial charge in [-0.1, -0.05) is 106 Å². The van der Waals surface area contributed by atoms with Crippen molar-refractivity contribution in [3.63, 3.8) is 0 Å². The van der Waals surface area contributed by atoms with Gasteiger partial charge in [0.25, 0.3) is 0 Å². The van der Waals surface area contributed by atoms with Crippen LogP contribution in [-0.4, -0.2) is 0 Å². The third kappa shape index (κ3) is 3.11. The van der Waals surface area contributed by atoms with Crippen molar-refractivity contribution in [2.24, 2.45) is 19.3 Å². The molecule has 0 saturated heterocycles. The molecule has 0 amide bonds. The maximum absolute atomic E-state index is 4.51. The molecule has 0 aliphatic rings. The summed E-state index contributed by atoms with van der Waals surface area (Å²) in [4.78, 5) is 0. The molecule has 5 heteroatoms. The second-order valence-electron chi connectivity index (χ2n) is 9.33. The molecule has 0 fully saturated rings. The van der Waals surface area contributed by atoms with Crippen molar-refractivity contribution in [2.75, 3.05) is 0 Å². The zero-order valence-electron chi connectivity index (χ0n) is 19.6. The molecule has 0 N–H and O–H groups in total. The molecule has 0 aliphatic heterocycles. The molecule has 0 heterocycles. The van der Waals surface area contributed by atoms with Gasteiger partial charge in [0, 0.05) is 10.8 Å². The van der Waals surface area contributed by atoms with Gasteiger partial charge in [0.2, 0.25) is 0 Å². The molecule has 172 valence electrons. The van der Waals surface area contributed by atoms with E-state index in [-0.39, 0.29) is 0 Å². The quantitative estimate of drug-likeness (QED) is 0.137. The molecular formula is C32H18N4S. The number of benzene rings is 8. The molecule has 8 aromatic carbocycles. The molecule has 0 saturated carbocycles. The Morgan fingerprint density at radius 3 is 1.14 bits per heavy atom. The average Bonchev–Trinajstić information content (AvgIpc) is 2.95. The van der Waals surface area contributed by atoms with E-state index in [2.05, 4.69) is 116 Å². The number of hydrogen-bond donors (Lipinski definition) is 0. The molecule has 0 bridgehead atoms. The summed E-state index contributed by atoms with van der Waals surface area (Å²) in [6.07, 6.45) is 0. The van der Waals surface area contributed by atoms with Crippen LogP contribution in [0.3, 0.4) is 0 Å². The zero-order valence-corrected chi connectivity index (χ0v) is 20.4. The van der Waals surface area contributed by atoms with Crippen molar-refractivity contribution >= 4 is 88.1 Å². The van der Waals surface area contributed by atoms with E-state index in [0.717, 1.165) is 34.3 Å². The summed E-state index contributed by atoms with van der Waals surface area (Å²) in [6.45, 7) is 0. The smallest absolute Gasteiger partial charge is 0.141 e. The minimum absolute atomic E-state index is 0.830. The monoisotopic (exact) mass is 490 g/mol. The Hall–Kier alpha value is -4.61. The van der Waals surface area contributed by atoms with Crippen LogP contribution in [0.4, 0.5) is 11.4 Å². The van der Waals surface area contributed by atoms with Crippen molar-refractivity contribution in [3.05, 3.63) is 109 Å². The lowest BCUT2D eigenvalue weighted by atomic mass is 9.94. The van der Waals surface area contributed by atoms with Gasteiger partial charge in [-0.3, -0.25) is 0 Å². The fraction of sp³-hybridized carbons (Fsp3) is 0. The Morgan fingerprint density at radius 2 is 0.703 bits per heavy atom. The van der Waals surface area contributed by atoms with Crippen LogP contribution in [0.25, 0.3) is 64.6 Å². The third-order valence-corrected chi connectivity index (χ3v) is 7.69. The van der Waals surface area contributed by atoms with Gasteiger partial charge >= 0.3 is 0 Å². The highest BCUT2D eigenvalue weighted by molar-refractivity contribution is 7.96. The van der Waals surface area contributed by atoms with Crippen LogP contribution in [0.15, 0.2) is 128 Å². The van der Waals surface area contributed by atoms with Crippen LogP contribution in [0.2, 0.25) is 0 Å². The molecule has 0 spiro atoms. The van der Waals surface area contributed by atoms with Gasteiger partial charge in [-0.2, -0.15) is 0 Å². The second kappa shape index (κ2) is 7.95. The molecule has 0 atom stereocenters. The first-order valence-corrected chi connectivity index (χ1v) is 12.9. The van der Waals surface area contributed by atoms with Gasteiger partial charge < -0.3 is 0 Å². The van der Waals surface area contributed by atoms with E-state index in [1.165, 1.54) is 53.9 Å². The van der Waals surface area contributed by atoms with E-state index < -0.39 is 0 Å². The first-order chi connectivity index (χ1) is 18.3. The lowest BCUT2D eigenvalue weighted by Crippen LogP contribution is -1.83. The molecule has 4 nitrogen and oxygen atoms in total. The van der Waals surface area contributed by atoms with E-state index >= 15 is 0 Å². The van der Waals surface area contributed by atoms with Gasteiger partial charge in [0.1, 0.15) is 0 Å². The van der Waals surface area contributed by atoms with E-state index in [9.17, 15) is 0 Å². The topological polar surface area (TPSA) is 49.4 Å². The summed E-state index contributed by atoms with van der Waals surface area (Å²) < 4.78 is 8.56. The van der Waals surface area contributed by atoms with Crippen molar-refractivity contribution in [2.45, 2.75) is 0 Å². The first kappa shape index (κ1) is 20.6.